The summed E-state index contributed by atoms with van der Waals surface area (Å²) >= 11 is 0. The molecule has 0 spiro atoms. The van der Waals surface area contributed by atoms with E-state index in [0.29, 0.717) is 11.5 Å². The molecule has 0 radical (unpaired) electrons. The number of nitro groups is 1. The fourth-order valence-electron chi connectivity index (χ4n) is 2.50. The molecule has 7 nitrogen and oxygen atoms in total. The van der Waals surface area contributed by atoms with Crippen molar-refractivity contribution in [3.8, 4) is 0 Å². The van der Waals surface area contributed by atoms with Crippen molar-refractivity contribution < 1.29 is 4.92 Å². The number of pyridine rings is 1. The van der Waals surface area contributed by atoms with E-state index >= 15 is 0 Å². The zero-order chi connectivity index (χ0) is 18.2. The van der Waals surface area contributed by atoms with Crippen molar-refractivity contribution in [2.45, 2.75) is 33.1 Å². The summed E-state index contributed by atoms with van der Waals surface area (Å²) in [6.45, 7) is 8.03. The first kappa shape index (κ1) is 16.8. The number of non-ortho nitro benzene ring substituents is 1. The van der Waals surface area contributed by atoms with Gasteiger partial charge in [-0.15, -0.1) is 10.2 Å². The van der Waals surface area contributed by atoms with Crippen LogP contribution in [-0.4, -0.2) is 14.3 Å². The summed E-state index contributed by atoms with van der Waals surface area (Å²) < 4.78 is 1.87. The van der Waals surface area contributed by atoms with Crippen molar-refractivity contribution in [2.75, 3.05) is 0 Å². The SMILES string of the molecule is Cc1ccc([N+](=O)[O-])cc1N=Nc1c(C(C)(C)C)nc2ccccn12. The molecule has 2 heterocycles. The molecule has 0 saturated heterocycles. The van der Waals surface area contributed by atoms with Crippen LogP contribution in [0.3, 0.4) is 0 Å². The third kappa shape index (κ3) is 3.26. The van der Waals surface area contributed by atoms with Crippen LogP contribution in [0, 0.1) is 17.0 Å². The predicted octanol–water partition coefficient (Wildman–Crippen LogP) is 5.26. The van der Waals surface area contributed by atoms with Crippen LogP contribution in [0.5, 0.6) is 0 Å². The monoisotopic (exact) mass is 337 g/mol. The summed E-state index contributed by atoms with van der Waals surface area (Å²) in [6.07, 6.45) is 1.88. The molecule has 0 bridgehead atoms. The Morgan fingerprint density at radius 3 is 2.60 bits per heavy atom. The summed E-state index contributed by atoms with van der Waals surface area (Å²) in [7, 11) is 0. The average molecular weight is 337 g/mol. The second kappa shape index (κ2) is 6.08. The van der Waals surface area contributed by atoms with Crippen molar-refractivity contribution >= 4 is 22.8 Å². The molecule has 0 aliphatic rings. The Bertz CT molecular complexity index is 983. The molecule has 0 aliphatic heterocycles. The Hall–Kier alpha value is -3.09. The molecule has 25 heavy (non-hydrogen) atoms. The van der Waals surface area contributed by atoms with Gasteiger partial charge in [0.05, 0.1) is 16.3 Å². The van der Waals surface area contributed by atoms with Crippen molar-refractivity contribution in [3.63, 3.8) is 0 Å². The first-order valence-electron chi connectivity index (χ1n) is 7.92. The first-order valence-corrected chi connectivity index (χ1v) is 7.92. The largest absolute Gasteiger partial charge is 0.283 e. The predicted molar refractivity (Wildman–Crippen MR) is 95.9 cm³/mol. The second-order valence-corrected chi connectivity index (χ2v) is 6.89. The van der Waals surface area contributed by atoms with Gasteiger partial charge in [-0.2, -0.15) is 0 Å². The number of aromatic nitrogens is 2. The Morgan fingerprint density at radius 2 is 1.92 bits per heavy atom. The number of nitrogens with zero attached hydrogens (tertiary/aromatic N) is 5. The Kier molecular flexibility index (Phi) is 4.08. The third-order valence-electron chi connectivity index (χ3n) is 3.87. The van der Waals surface area contributed by atoms with E-state index in [2.05, 4.69) is 36.0 Å². The maximum atomic E-state index is 11.0. The molecule has 1 aromatic carbocycles. The topological polar surface area (TPSA) is 85.2 Å². The average Bonchev–Trinajstić information content (AvgIpc) is 2.93. The van der Waals surface area contributed by atoms with Gasteiger partial charge in [0.1, 0.15) is 5.65 Å². The van der Waals surface area contributed by atoms with Gasteiger partial charge in [0, 0.05) is 23.7 Å². The summed E-state index contributed by atoms with van der Waals surface area (Å²) in [5, 5.41) is 19.6. The second-order valence-electron chi connectivity index (χ2n) is 6.89. The summed E-state index contributed by atoms with van der Waals surface area (Å²) in [5.41, 5.74) is 2.69. The molecule has 2 aromatic heterocycles. The lowest BCUT2D eigenvalue weighted by Gasteiger charge is -2.15. The van der Waals surface area contributed by atoms with Crippen molar-refractivity contribution in [1.82, 2.24) is 9.38 Å². The standard InChI is InChI=1S/C18H19N5O2/c1-12-8-9-13(23(24)25)11-14(12)20-21-17-16(18(2,3)4)19-15-7-5-6-10-22(15)17/h5-11H,1-4H3. The quantitative estimate of drug-likeness (QED) is 0.371. The van der Waals surface area contributed by atoms with Crippen LogP contribution in [0.2, 0.25) is 0 Å². The lowest BCUT2D eigenvalue weighted by molar-refractivity contribution is -0.384. The number of benzene rings is 1. The molecule has 0 atom stereocenters. The van der Waals surface area contributed by atoms with Gasteiger partial charge in [-0.05, 0) is 24.6 Å². The molecule has 0 N–H and O–H groups in total. The van der Waals surface area contributed by atoms with E-state index in [0.717, 1.165) is 16.9 Å². The molecular weight excluding hydrogens is 318 g/mol. The Balaban J connectivity index is 2.13. The van der Waals surface area contributed by atoms with E-state index in [4.69, 9.17) is 0 Å². The van der Waals surface area contributed by atoms with E-state index in [-0.39, 0.29) is 11.1 Å². The zero-order valence-electron chi connectivity index (χ0n) is 14.6. The maximum absolute atomic E-state index is 11.0. The minimum atomic E-state index is -0.437. The highest BCUT2D eigenvalue weighted by molar-refractivity contribution is 5.56. The smallest absolute Gasteiger partial charge is 0.271 e. The van der Waals surface area contributed by atoms with Gasteiger partial charge in [-0.3, -0.25) is 14.5 Å². The van der Waals surface area contributed by atoms with Gasteiger partial charge in [0.15, 0.2) is 5.82 Å². The summed E-state index contributed by atoms with van der Waals surface area (Å²) in [4.78, 5) is 15.2. The minimum absolute atomic E-state index is 0.00580. The lowest BCUT2D eigenvalue weighted by atomic mass is 9.92. The normalized spacial score (nSPS) is 12.2. The lowest BCUT2D eigenvalue weighted by Crippen LogP contribution is -2.11. The number of rotatable bonds is 3. The number of hydrogen-bond donors (Lipinski definition) is 0. The van der Waals surface area contributed by atoms with E-state index in [1.165, 1.54) is 12.1 Å². The van der Waals surface area contributed by atoms with Crippen LogP contribution in [0.25, 0.3) is 5.65 Å². The van der Waals surface area contributed by atoms with Crippen molar-refractivity contribution in [2.24, 2.45) is 10.2 Å². The molecule has 0 unspecified atom stereocenters. The van der Waals surface area contributed by atoms with E-state index < -0.39 is 4.92 Å². The molecule has 7 heteroatoms. The van der Waals surface area contributed by atoms with Gasteiger partial charge in [-0.25, -0.2) is 4.98 Å². The van der Waals surface area contributed by atoms with Gasteiger partial charge < -0.3 is 0 Å². The van der Waals surface area contributed by atoms with Gasteiger partial charge in [0.2, 0.25) is 0 Å². The number of nitro benzene ring substituents is 1. The van der Waals surface area contributed by atoms with E-state index in [9.17, 15) is 10.1 Å². The van der Waals surface area contributed by atoms with Gasteiger partial charge in [0.25, 0.3) is 5.69 Å². The maximum Gasteiger partial charge on any atom is 0.271 e. The van der Waals surface area contributed by atoms with E-state index in [1.54, 1.807) is 6.07 Å². The van der Waals surface area contributed by atoms with Crippen molar-refractivity contribution in [3.05, 3.63) is 64.0 Å². The van der Waals surface area contributed by atoms with Crippen LogP contribution in [-0.2, 0) is 5.41 Å². The highest BCUT2D eigenvalue weighted by Crippen LogP contribution is 2.34. The molecular formula is C18H19N5O2. The van der Waals surface area contributed by atoms with Crippen LogP contribution in [0.15, 0.2) is 52.8 Å². The highest BCUT2D eigenvalue weighted by Gasteiger charge is 2.24. The molecule has 0 amide bonds. The first-order chi connectivity index (χ1) is 11.8. The molecule has 0 aliphatic carbocycles. The molecule has 3 rings (SSSR count). The number of fused-ring (bicyclic) bond motifs is 1. The molecule has 0 fully saturated rings. The highest BCUT2D eigenvalue weighted by atomic mass is 16.6. The molecule has 0 saturated carbocycles. The molecule has 3 aromatic rings. The van der Waals surface area contributed by atoms with Crippen LogP contribution < -0.4 is 0 Å². The fourth-order valence-corrected chi connectivity index (χ4v) is 2.50. The van der Waals surface area contributed by atoms with E-state index in [1.807, 2.05) is 35.7 Å². The number of azo groups is 1. The van der Waals surface area contributed by atoms with Crippen LogP contribution >= 0.6 is 0 Å². The number of imidazole rings is 1. The van der Waals surface area contributed by atoms with Crippen molar-refractivity contribution in [1.29, 1.82) is 0 Å². The number of hydrogen-bond acceptors (Lipinski definition) is 5. The molecule has 128 valence electrons. The summed E-state index contributed by atoms with van der Waals surface area (Å²) in [5.74, 6) is 0.633. The Labute approximate surface area is 145 Å². The van der Waals surface area contributed by atoms with Gasteiger partial charge >= 0.3 is 0 Å². The minimum Gasteiger partial charge on any atom is -0.283 e. The third-order valence-corrected chi connectivity index (χ3v) is 3.87. The van der Waals surface area contributed by atoms with Gasteiger partial charge in [-0.1, -0.05) is 32.9 Å². The number of aryl methyl sites for hydroxylation is 1. The zero-order valence-corrected chi connectivity index (χ0v) is 14.6. The fraction of sp³-hybridized carbons (Fsp3) is 0.278. The van der Waals surface area contributed by atoms with Crippen LogP contribution in [0.4, 0.5) is 17.2 Å². The van der Waals surface area contributed by atoms with Crippen LogP contribution in [0.1, 0.15) is 32.0 Å². The Morgan fingerprint density at radius 1 is 1.16 bits per heavy atom. The summed E-state index contributed by atoms with van der Waals surface area (Å²) in [6, 6.07) is 10.3.